The van der Waals surface area contributed by atoms with E-state index in [0.717, 1.165) is 0 Å². The molecule has 11 nitrogen and oxygen atoms in total. The van der Waals surface area contributed by atoms with E-state index in [4.69, 9.17) is 10.6 Å². The van der Waals surface area contributed by atoms with Gasteiger partial charge in [0.05, 0.1) is 29.6 Å². The summed E-state index contributed by atoms with van der Waals surface area (Å²) in [5, 5.41) is 4.03. The number of anilines is 3. The van der Waals surface area contributed by atoms with Crippen molar-refractivity contribution in [2.24, 2.45) is 0 Å². The Labute approximate surface area is 193 Å². The zero-order valence-corrected chi connectivity index (χ0v) is 18.4. The molecule has 4 heterocycles. The first kappa shape index (κ1) is 22.1. The number of imidazole rings is 1. The number of nitrogens with zero attached hydrogens (tertiary/aromatic N) is 6. The van der Waals surface area contributed by atoms with E-state index in [1.807, 2.05) is 11.8 Å². The number of carbonyl (C=O) groups excluding carboxylic acids is 1. The lowest BCUT2D eigenvalue weighted by atomic mass is 10.2. The molecule has 0 aliphatic carbocycles. The van der Waals surface area contributed by atoms with Gasteiger partial charge in [0, 0.05) is 18.3 Å². The molecular formula is C19H18F3N9O2S. The number of hydroxylamine groups is 2. The van der Waals surface area contributed by atoms with Gasteiger partial charge in [0.25, 0.3) is 0 Å². The number of hydrogen-bond donors (Lipinski definition) is 3. The molecule has 1 aliphatic rings. The van der Waals surface area contributed by atoms with Gasteiger partial charge in [0.1, 0.15) is 5.52 Å². The molecule has 1 aliphatic heterocycles. The molecule has 1 aromatic carbocycles. The highest BCUT2D eigenvalue weighted by molar-refractivity contribution is 7.16. The largest absolute Gasteiger partial charge is 0.449 e. The number of carbonyl (C=O) groups is 1. The first-order chi connectivity index (χ1) is 16.2. The number of hydrogen-bond acceptors (Lipinski definition) is 10. The van der Waals surface area contributed by atoms with Crippen LogP contribution >= 0.6 is 11.3 Å². The Morgan fingerprint density at radius 2 is 2.12 bits per heavy atom. The van der Waals surface area contributed by atoms with Crippen molar-refractivity contribution in [1.29, 1.82) is 0 Å². The van der Waals surface area contributed by atoms with E-state index in [-0.39, 0.29) is 28.7 Å². The number of alkyl halides is 3. The Balaban J connectivity index is 1.23. The van der Waals surface area contributed by atoms with Crippen molar-refractivity contribution < 1.29 is 22.8 Å². The summed E-state index contributed by atoms with van der Waals surface area (Å²) in [6.07, 6.45) is -5.35. The second-order valence-corrected chi connectivity index (χ2v) is 8.49. The number of benzene rings is 1. The van der Waals surface area contributed by atoms with E-state index in [1.54, 1.807) is 5.51 Å². The zero-order chi connectivity index (χ0) is 24.0. The number of amides is 1. The Kier molecular flexibility index (Phi) is 5.36. The third-order valence-electron chi connectivity index (χ3n) is 5.27. The standard InChI is InChI=1S/C19H18F3N9O2S/c1-9-7-30(4-5-31(9)14-13-15(34-8-24-13)29-17(23)28-14)33-18(32)25-10-2-3-11-12(6-10)27-16(26-11)19(20,21)22/h2-3,6,8-9H,4-5,7H2,1H3,(H,25,32)(H,26,27)(H2,23,28,29)/t9-/m0/s1. The van der Waals surface area contributed by atoms with Crippen molar-refractivity contribution in [3.63, 3.8) is 0 Å². The minimum Gasteiger partial charge on any atom is -0.368 e. The molecule has 1 saturated heterocycles. The van der Waals surface area contributed by atoms with Crippen LogP contribution in [-0.2, 0) is 11.0 Å². The van der Waals surface area contributed by atoms with Crippen molar-refractivity contribution in [3.8, 4) is 0 Å². The molecule has 15 heteroatoms. The van der Waals surface area contributed by atoms with Gasteiger partial charge in [-0.3, -0.25) is 5.32 Å². The number of aromatic amines is 1. The van der Waals surface area contributed by atoms with Crippen LogP contribution < -0.4 is 16.0 Å². The van der Waals surface area contributed by atoms with E-state index in [2.05, 4.69) is 30.2 Å². The van der Waals surface area contributed by atoms with Gasteiger partial charge < -0.3 is 20.5 Å². The second kappa shape index (κ2) is 8.25. The molecule has 0 unspecified atom stereocenters. The summed E-state index contributed by atoms with van der Waals surface area (Å²) >= 11 is 1.38. The van der Waals surface area contributed by atoms with Crippen LogP contribution in [0.15, 0.2) is 23.7 Å². The smallest absolute Gasteiger partial charge is 0.368 e. The molecule has 0 saturated carbocycles. The Morgan fingerprint density at radius 3 is 2.88 bits per heavy atom. The van der Waals surface area contributed by atoms with Crippen molar-refractivity contribution in [2.75, 3.05) is 35.6 Å². The lowest BCUT2D eigenvalue weighted by molar-refractivity contribution is -0.144. The van der Waals surface area contributed by atoms with Crippen LogP contribution in [0.5, 0.6) is 0 Å². The van der Waals surface area contributed by atoms with E-state index in [1.165, 1.54) is 34.6 Å². The van der Waals surface area contributed by atoms with Crippen LogP contribution in [0.25, 0.3) is 21.4 Å². The highest BCUT2D eigenvalue weighted by Crippen LogP contribution is 2.30. The van der Waals surface area contributed by atoms with Gasteiger partial charge >= 0.3 is 12.3 Å². The van der Waals surface area contributed by atoms with E-state index in [9.17, 15) is 18.0 Å². The molecule has 1 atom stereocenters. The number of halogens is 3. The fraction of sp³-hybridized carbons (Fsp3) is 0.316. The number of H-pyrrole nitrogens is 1. The van der Waals surface area contributed by atoms with E-state index < -0.39 is 18.1 Å². The van der Waals surface area contributed by atoms with Crippen LogP contribution in [-0.4, -0.2) is 61.8 Å². The number of thiazole rings is 1. The monoisotopic (exact) mass is 493 g/mol. The molecule has 5 rings (SSSR count). The molecule has 1 amide bonds. The number of aromatic nitrogens is 5. The third-order valence-corrected chi connectivity index (χ3v) is 5.99. The second-order valence-electron chi connectivity index (χ2n) is 7.66. The van der Waals surface area contributed by atoms with Crippen LogP contribution in [0.1, 0.15) is 12.7 Å². The highest BCUT2D eigenvalue weighted by atomic mass is 32.1. The molecule has 34 heavy (non-hydrogen) atoms. The molecular weight excluding hydrogens is 475 g/mol. The van der Waals surface area contributed by atoms with Crippen molar-refractivity contribution >= 4 is 56.3 Å². The zero-order valence-electron chi connectivity index (χ0n) is 17.6. The molecule has 3 aromatic heterocycles. The van der Waals surface area contributed by atoms with Crippen LogP contribution in [0.4, 0.5) is 35.4 Å². The topological polar surface area (TPSA) is 138 Å². The summed E-state index contributed by atoms with van der Waals surface area (Å²) in [6, 6.07) is 4.11. The predicted molar refractivity (Wildman–Crippen MR) is 119 cm³/mol. The highest BCUT2D eigenvalue weighted by Gasteiger charge is 2.35. The molecule has 4 aromatic rings. The summed E-state index contributed by atoms with van der Waals surface area (Å²) in [5.41, 5.74) is 8.74. The van der Waals surface area contributed by atoms with Crippen molar-refractivity contribution in [3.05, 3.63) is 29.5 Å². The summed E-state index contributed by atoms with van der Waals surface area (Å²) in [5.74, 6) is -0.311. The number of nitrogen functional groups attached to an aromatic ring is 1. The molecule has 0 radical (unpaired) electrons. The number of piperazine rings is 1. The summed E-state index contributed by atoms with van der Waals surface area (Å²) < 4.78 is 38.5. The molecule has 4 N–H and O–H groups in total. The quantitative estimate of drug-likeness (QED) is 0.393. The number of fused-ring (bicyclic) bond motifs is 2. The molecule has 178 valence electrons. The molecule has 0 spiro atoms. The first-order valence-corrected chi connectivity index (χ1v) is 11.0. The summed E-state index contributed by atoms with van der Waals surface area (Å²) in [7, 11) is 0. The fourth-order valence-corrected chi connectivity index (χ4v) is 4.42. The van der Waals surface area contributed by atoms with Gasteiger partial charge in [-0.25, -0.2) is 19.7 Å². The van der Waals surface area contributed by atoms with Crippen LogP contribution in [0.2, 0.25) is 0 Å². The van der Waals surface area contributed by atoms with Crippen molar-refractivity contribution in [1.82, 2.24) is 30.0 Å². The predicted octanol–water partition coefficient (Wildman–Crippen LogP) is 3.24. The van der Waals surface area contributed by atoms with Gasteiger partial charge in [-0.05, 0) is 25.1 Å². The number of nitrogens with one attached hydrogen (secondary N) is 2. The Hall–Kier alpha value is -3.72. The Morgan fingerprint density at radius 1 is 1.29 bits per heavy atom. The molecule has 1 fully saturated rings. The van der Waals surface area contributed by atoms with Gasteiger partial charge in [0.15, 0.2) is 10.6 Å². The molecule has 0 bridgehead atoms. The van der Waals surface area contributed by atoms with Crippen LogP contribution in [0.3, 0.4) is 0 Å². The van der Waals surface area contributed by atoms with Gasteiger partial charge in [-0.1, -0.05) is 0 Å². The average molecular weight is 493 g/mol. The Bertz CT molecular complexity index is 1370. The number of nitrogens with two attached hydrogens (primary N) is 1. The van der Waals surface area contributed by atoms with Gasteiger partial charge in [0.2, 0.25) is 11.8 Å². The van der Waals surface area contributed by atoms with Gasteiger partial charge in [-0.2, -0.15) is 18.2 Å². The average Bonchev–Trinajstić information content (AvgIpc) is 3.39. The lowest BCUT2D eigenvalue weighted by Crippen LogP contribution is -2.53. The number of rotatable bonds is 3. The minimum atomic E-state index is -4.59. The maximum absolute atomic E-state index is 12.8. The lowest BCUT2D eigenvalue weighted by Gasteiger charge is -2.39. The maximum atomic E-state index is 12.8. The van der Waals surface area contributed by atoms with E-state index in [0.29, 0.717) is 35.8 Å². The maximum Gasteiger partial charge on any atom is 0.449 e. The summed E-state index contributed by atoms with van der Waals surface area (Å²) in [4.78, 5) is 39.1. The summed E-state index contributed by atoms with van der Waals surface area (Å²) in [6.45, 7) is 3.23. The minimum absolute atomic E-state index is 0.0807. The fourth-order valence-electron chi connectivity index (χ4n) is 3.76. The third kappa shape index (κ3) is 4.26. The normalized spacial score (nSPS) is 17.4. The SMILES string of the molecule is C[C@H]1CN(OC(=O)Nc2ccc3nc(C(F)(F)F)[nH]c3c2)CCN1c1nc(N)nc2scnc12. The van der Waals surface area contributed by atoms with E-state index >= 15 is 0 Å². The van der Waals surface area contributed by atoms with Crippen molar-refractivity contribution in [2.45, 2.75) is 19.1 Å². The van der Waals surface area contributed by atoms with Gasteiger partial charge in [-0.15, -0.1) is 16.4 Å². The first-order valence-electron chi connectivity index (χ1n) is 10.1. The van der Waals surface area contributed by atoms with Crippen LogP contribution in [0, 0.1) is 0 Å².